The molecule has 2 heteroatoms. The highest BCUT2D eigenvalue weighted by Crippen LogP contribution is 2.16. The number of unbranched alkanes of at least 4 members (excludes halogenated alkanes) is 1. The lowest BCUT2D eigenvalue weighted by atomic mass is 9.94. The summed E-state index contributed by atoms with van der Waals surface area (Å²) in [6.45, 7) is 11.9. The van der Waals surface area contributed by atoms with Gasteiger partial charge in [-0.05, 0) is 38.4 Å². The highest BCUT2D eigenvalue weighted by Gasteiger charge is 2.24. The Balaban J connectivity index is 2.20. The van der Waals surface area contributed by atoms with E-state index in [2.05, 4.69) is 31.0 Å². The van der Waals surface area contributed by atoms with Crippen LogP contribution >= 0.6 is 0 Å². The Labute approximate surface area is 89.1 Å². The molecule has 0 aromatic rings. The lowest BCUT2D eigenvalue weighted by Crippen LogP contribution is -2.48. The molecule has 1 saturated heterocycles. The first-order valence-corrected chi connectivity index (χ1v) is 6.23. The van der Waals surface area contributed by atoms with Crippen LogP contribution in [0.5, 0.6) is 0 Å². The van der Waals surface area contributed by atoms with Gasteiger partial charge in [-0.2, -0.15) is 0 Å². The minimum atomic E-state index is 0.768. The summed E-state index contributed by atoms with van der Waals surface area (Å²) in [6, 6.07) is 0.768. The summed E-state index contributed by atoms with van der Waals surface area (Å²) in [6.07, 6.45) is 3.95. The molecule has 1 rings (SSSR count). The van der Waals surface area contributed by atoms with E-state index in [4.69, 9.17) is 0 Å². The number of hydrogen-bond donors (Lipinski definition) is 1. The van der Waals surface area contributed by atoms with E-state index < -0.39 is 0 Å². The molecule has 0 spiro atoms. The quantitative estimate of drug-likeness (QED) is 0.681. The van der Waals surface area contributed by atoms with Crippen LogP contribution in [0.4, 0.5) is 0 Å². The highest BCUT2D eigenvalue weighted by atomic mass is 15.1. The summed E-state index contributed by atoms with van der Waals surface area (Å²) in [7, 11) is 0. The van der Waals surface area contributed by atoms with E-state index in [1.54, 1.807) is 0 Å². The monoisotopic (exact) mass is 198 g/mol. The maximum Gasteiger partial charge on any atom is 0.0117 e. The average Bonchev–Trinajstić information content (AvgIpc) is 2.20. The van der Waals surface area contributed by atoms with Gasteiger partial charge in [-0.3, -0.25) is 0 Å². The molecule has 2 atom stereocenters. The predicted molar refractivity (Wildman–Crippen MR) is 62.6 cm³/mol. The van der Waals surface area contributed by atoms with Gasteiger partial charge in [-0.1, -0.05) is 27.2 Å². The molecule has 0 saturated carbocycles. The number of hydrogen-bond acceptors (Lipinski definition) is 2. The second-order valence-electron chi connectivity index (χ2n) is 4.57. The Hall–Kier alpha value is -0.0800. The van der Waals surface area contributed by atoms with Crippen molar-refractivity contribution in [1.29, 1.82) is 0 Å². The molecule has 0 aliphatic carbocycles. The lowest BCUT2D eigenvalue weighted by molar-refractivity contribution is 0.153. The maximum absolute atomic E-state index is 3.69. The fourth-order valence-electron chi connectivity index (χ4n) is 2.29. The van der Waals surface area contributed by atoms with Crippen LogP contribution in [-0.2, 0) is 0 Å². The first-order valence-electron chi connectivity index (χ1n) is 6.23. The molecule has 84 valence electrons. The topological polar surface area (TPSA) is 15.3 Å². The molecule has 1 heterocycles. The van der Waals surface area contributed by atoms with Crippen molar-refractivity contribution in [3.8, 4) is 0 Å². The number of nitrogens with one attached hydrogen (secondary N) is 1. The van der Waals surface area contributed by atoms with E-state index in [0.717, 1.165) is 12.0 Å². The van der Waals surface area contributed by atoms with Crippen LogP contribution < -0.4 is 5.32 Å². The molecule has 0 radical (unpaired) electrons. The zero-order valence-electron chi connectivity index (χ0n) is 10.1. The summed E-state index contributed by atoms with van der Waals surface area (Å²) in [4.78, 5) is 2.56. The van der Waals surface area contributed by atoms with Gasteiger partial charge in [0.25, 0.3) is 0 Å². The summed E-state index contributed by atoms with van der Waals surface area (Å²) in [5.74, 6) is 0.820. The second kappa shape index (κ2) is 6.41. The van der Waals surface area contributed by atoms with Crippen LogP contribution in [0.2, 0.25) is 0 Å². The fourth-order valence-corrected chi connectivity index (χ4v) is 2.29. The molecule has 0 aromatic carbocycles. The van der Waals surface area contributed by atoms with Gasteiger partial charge in [-0.15, -0.1) is 0 Å². The smallest absolute Gasteiger partial charge is 0.0117 e. The van der Waals surface area contributed by atoms with Crippen molar-refractivity contribution in [3.05, 3.63) is 0 Å². The fraction of sp³-hybridized carbons (Fsp3) is 1.00. The van der Waals surface area contributed by atoms with Crippen molar-refractivity contribution >= 4 is 0 Å². The van der Waals surface area contributed by atoms with E-state index in [1.165, 1.54) is 45.4 Å². The van der Waals surface area contributed by atoms with Crippen LogP contribution in [0, 0.1) is 5.92 Å². The third kappa shape index (κ3) is 3.58. The Morgan fingerprint density at radius 2 is 2.14 bits per heavy atom. The Morgan fingerprint density at radius 1 is 1.36 bits per heavy atom. The molecule has 2 unspecified atom stereocenters. The summed E-state index contributed by atoms with van der Waals surface area (Å²) < 4.78 is 0. The molecule has 0 aromatic heterocycles. The summed E-state index contributed by atoms with van der Waals surface area (Å²) in [5.41, 5.74) is 0. The van der Waals surface area contributed by atoms with Crippen LogP contribution in [-0.4, -0.2) is 37.1 Å². The largest absolute Gasteiger partial charge is 0.314 e. The van der Waals surface area contributed by atoms with Gasteiger partial charge in [0.05, 0.1) is 0 Å². The molecule has 14 heavy (non-hydrogen) atoms. The summed E-state index contributed by atoms with van der Waals surface area (Å²) >= 11 is 0. The molecule has 0 bridgehead atoms. The van der Waals surface area contributed by atoms with Gasteiger partial charge in [0.2, 0.25) is 0 Å². The van der Waals surface area contributed by atoms with Crippen molar-refractivity contribution in [2.45, 2.75) is 46.1 Å². The van der Waals surface area contributed by atoms with Gasteiger partial charge >= 0.3 is 0 Å². The molecule has 2 nitrogen and oxygen atoms in total. The first-order chi connectivity index (χ1) is 6.77. The molecule has 0 amide bonds. The standard InChI is InChI=1S/C12H26N2/c1-4-6-8-13-12-7-9-14(5-2)10-11(12)3/h11-13H,4-10H2,1-3H3. The molecule has 1 aliphatic rings. The minimum Gasteiger partial charge on any atom is -0.314 e. The SMILES string of the molecule is CCCCNC1CCN(CC)CC1C. The maximum atomic E-state index is 3.69. The molecule has 1 N–H and O–H groups in total. The van der Waals surface area contributed by atoms with Gasteiger partial charge < -0.3 is 10.2 Å². The predicted octanol–water partition coefficient (Wildman–Crippen LogP) is 2.11. The molecular formula is C12H26N2. The normalized spacial score (nSPS) is 29.4. The Bertz CT molecular complexity index is 145. The zero-order valence-corrected chi connectivity index (χ0v) is 10.1. The Kier molecular flexibility index (Phi) is 5.49. The number of piperidine rings is 1. The van der Waals surface area contributed by atoms with Crippen molar-refractivity contribution < 1.29 is 0 Å². The summed E-state index contributed by atoms with van der Waals surface area (Å²) in [5, 5.41) is 3.69. The van der Waals surface area contributed by atoms with Crippen molar-refractivity contribution in [3.63, 3.8) is 0 Å². The Morgan fingerprint density at radius 3 is 2.71 bits per heavy atom. The van der Waals surface area contributed by atoms with Crippen LogP contribution in [0.3, 0.4) is 0 Å². The number of rotatable bonds is 5. The van der Waals surface area contributed by atoms with Crippen LogP contribution in [0.25, 0.3) is 0 Å². The molecule has 1 aliphatic heterocycles. The van der Waals surface area contributed by atoms with Crippen LogP contribution in [0.15, 0.2) is 0 Å². The van der Waals surface area contributed by atoms with Crippen LogP contribution in [0.1, 0.15) is 40.0 Å². The third-order valence-electron chi connectivity index (χ3n) is 3.37. The van der Waals surface area contributed by atoms with Gasteiger partial charge in [0.1, 0.15) is 0 Å². The second-order valence-corrected chi connectivity index (χ2v) is 4.57. The average molecular weight is 198 g/mol. The third-order valence-corrected chi connectivity index (χ3v) is 3.37. The molecule has 1 fully saturated rings. The molecular weight excluding hydrogens is 172 g/mol. The van der Waals surface area contributed by atoms with Gasteiger partial charge in [-0.25, -0.2) is 0 Å². The van der Waals surface area contributed by atoms with E-state index >= 15 is 0 Å². The first kappa shape index (κ1) is 12.0. The van der Waals surface area contributed by atoms with E-state index in [-0.39, 0.29) is 0 Å². The highest BCUT2D eigenvalue weighted by molar-refractivity contribution is 4.82. The number of nitrogens with zero attached hydrogens (tertiary/aromatic N) is 1. The number of likely N-dealkylation sites (tertiary alicyclic amines) is 1. The van der Waals surface area contributed by atoms with Crippen molar-refractivity contribution in [2.75, 3.05) is 26.2 Å². The van der Waals surface area contributed by atoms with Gasteiger partial charge in [0, 0.05) is 12.6 Å². The van der Waals surface area contributed by atoms with E-state index in [0.29, 0.717) is 0 Å². The van der Waals surface area contributed by atoms with E-state index in [9.17, 15) is 0 Å². The van der Waals surface area contributed by atoms with Crippen molar-refractivity contribution in [1.82, 2.24) is 10.2 Å². The zero-order chi connectivity index (χ0) is 10.4. The lowest BCUT2D eigenvalue weighted by Gasteiger charge is -2.36. The van der Waals surface area contributed by atoms with E-state index in [1.807, 2.05) is 0 Å². The van der Waals surface area contributed by atoms with Crippen molar-refractivity contribution in [2.24, 2.45) is 5.92 Å². The van der Waals surface area contributed by atoms with Gasteiger partial charge in [0.15, 0.2) is 0 Å². The minimum absolute atomic E-state index is 0.768.